The Hall–Kier alpha value is -1.29. The van der Waals surface area contributed by atoms with Gasteiger partial charge in [-0.3, -0.25) is 4.79 Å². The Balaban J connectivity index is 2.05. The van der Waals surface area contributed by atoms with E-state index in [4.69, 9.17) is 4.42 Å². The van der Waals surface area contributed by atoms with E-state index in [9.17, 15) is 4.79 Å². The SMILES string of the molecule is CNC1CCN(C(=O)c2ccoc2C)CC1C. The van der Waals surface area contributed by atoms with Crippen LogP contribution in [-0.4, -0.2) is 37.0 Å². The molecule has 2 atom stereocenters. The van der Waals surface area contributed by atoms with Crippen LogP contribution < -0.4 is 5.32 Å². The van der Waals surface area contributed by atoms with Gasteiger partial charge >= 0.3 is 0 Å². The molecule has 2 unspecified atom stereocenters. The third-order valence-corrected chi connectivity index (χ3v) is 3.65. The predicted molar refractivity (Wildman–Crippen MR) is 66.0 cm³/mol. The van der Waals surface area contributed by atoms with Crippen molar-refractivity contribution in [2.45, 2.75) is 26.3 Å². The molecule has 0 spiro atoms. The molecule has 4 heteroatoms. The van der Waals surface area contributed by atoms with Crippen molar-refractivity contribution >= 4 is 5.91 Å². The second kappa shape index (κ2) is 4.92. The van der Waals surface area contributed by atoms with Gasteiger partial charge in [-0.2, -0.15) is 0 Å². The molecule has 0 saturated carbocycles. The van der Waals surface area contributed by atoms with Gasteiger partial charge in [0.05, 0.1) is 11.8 Å². The maximum Gasteiger partial charge on any atom is 0.257 e. The Kier molecular flexibility index (Phi) is 3.52. The van der Waals surface area contributed by atoms with Crippen LogP contribution >= 0.6 is 0 Å². The first kappa shape index (κ1) is 12.2. The molecule has 1 saturated heterocycles. The van der Waals surface area contributed by atoms with E-state index in [2.05, 4.69) is 12.2 Å². The fraction of sp³-hybridized carbons (Fsp3) is 0.615. The average molecular weight is 236 g/mol. The van der Waals surface area contributed by atoms with Crippen LogP contribution in [0.3, 0.4) is 0 Å². The number of amides is 1. The summed E-state index contributed by atoms with van der Waals surface area (Å²) >= 11 is 0. The lowest BCUT2D eigenvalue weighted by molar-refractivity contribution is 0.0647. The highest BCUT2D eigenvalue weighted by Crippen LogP contribution is 2.20. The van der Waals surface area contributed by atoms with Crippen LogP contribution in [-0.2, 0) is 0 Å². The minimum atomic E-state index is 0.0950. The first-order valence-electron chi connectivity index (χ1n) is 6.14. The van der Waals surface area contributed by atoms with Gasteiger partial charge in [0.15, 0.2) is 0 Å². The second-order valence-electron chi connectivity index (χ2n) is 4.80. The van der Waals surface area contributed by atoms with E-state index in [0.29, 0.717) is 23.3 Å². The van der Waals surface area contributed by atoms with Gasteiger partial charge in [0, 0.05) is 19.1 Å². The van der Waals surface area contributed by atoms with E-state index in [1.807, 2.05) is 18.9 Å². The zero-order valence-corrected chi connectivity index (χ0v) is 10.7. The molecular formula is C13H20N2O2. The molecule has 2 rings (SSSR count). The smallest absolute Gasteiger partial charge is 0.257 e. The fourth-order valence-electron chi connectivity index (χ4n) is 2.54. The number of hydrogen-bond acceptors (Lipinski definition) is 3. The van der Waals surface area contributed by atoms with Crippen molar-refractivity contribution in [2.24, 2.45) is 5.92 Å². The van der Waals surface area contributed by atoms with Crippen molar-refractivity contribution in [2.75, 3.05) is 20.1 Å². The summed E-state index contributed by atoms with van der Waals surface area (Å²) in [5.74, 6) is 1.29. The fourth-order valence-corrected chi connectivity index (χ4v) is 2.54. The highest BCUT2D eigenvalue weighted by molar-refractivity contribution is 5.95. The predicted octanol–water partition coefficient (Wildman–Crippen LogP) is 1.66. The van der Waals surface area contributed by atoms with Gasteiger partial charge in [0.25, 0.3) is 5.91 Å². The van der Waals surface area contributed by atoms with Crippen LogP contribution in [0, 0.1) is 12.8 Å². The number of furan rings is 1. The third-order valence-electron chi connectivity index (χ3n) is 3.65. The van der Waals surface area contributed by atoms with Crippen LogP contribution in [0.1, 0.15) is 29.5 Å². The number of carbonyl (C=O) groups excluding carboxylic acids is 1. The summed E-state index contributed by atoms with van der Waals surface area (Å²) in [6, 6.07) is 2.27. The summed E-state index contributed by atoms with van der Waals surface area (Å²) in [6.07, 6.45) is 2.59. The highest BCUT2D eigenvalue weighted by Gasteiger charge is 2.29. The Morgan fingerprint density at radius 3 is 2.88 bits per heavy atom. The molecule has 0 aliphatic carbocycles. The minimum Gasteiger partial charge on any atom is -0.469 e. The minimum absolute atomic E-state index is 0.0950. The van der Waals surface area contributed by atoms with E-state index in [1.54, 1.807) is 12.3 Å². The first-order chi connectivity index (χ1) is 8.13. The first-order valence-corrected chi connectivity index (χ1v) is 6.14. The summed E-state index contributed by atoms with van der Waals surface area (Å²) in [4.78, 5) is 14.2. The lowest BCUT2D eigenvalue weighted by Gasteiger charge is -2.36. The molecule has 4 nitrogen and oxygen atoms in total. The molecule has 0 radical (unpaired) electrons. The second-order valence-corrected chi connectivity index (χ2v) is 4.80. The molecule has 2 heterocycles. The summed E-state index contributed by atoms with van der Waals surface area (Å²) in [5, 5.41) is 3.30. The monoisotopic (exact) mass is 236 g/mol. The van der Waals surface area contributed by atoms with Gasteiger partial charge in [-0.15, -0.1) is 0 Å². The number of hydrogen-bond donors (Lipinski definition) is 1. The van der Waals surface area contributed by atoms with Crippen molar-refractivity contribution < 1.29 is 9.21 Å². The van der Waals surface area contributed by atoms with Gasteiger partial charge < -0.3 is 14.6 Å². The van der Waals surface area contributed by atoms with Crippen LogP contribution in [0.5, 0.6) is 0 Å². The lowest BCUT2D eigenvalue weighted by atomic mass is 9.93. The lowest BCUT2D eigenvalue weighted by Crippen LogP contribution is -2.49. The van der Waals surface area contributed by atoms with Crippen LogP contribution in [0.25, 0.3) is 0 Å². The van der Waals surface area contributed by atoms with Gasteiger partial charge in [-0.1, -0.05) is 6.92 Å². The number of piperidine rings is 1. The Labute approximate surface area is 102 Å². The summed E-state index contributed by atoms with van der Waals surface area (Å²) in [5.41, 5.74) is 0.695. The molecule has 1 aliphatic rings. The van der Waals surface area contributed by atoms with Gasteiger partial charge in [-0.25, -0.2) is 0 Å². The largest absolute Gasteiger partial charge is 0.469 e. The van der Waals surface area contributed by atoms with E-state index in [-0.39, 0.29) is 5.91 Å². The van der Waals surface area contributed by atoms with Crippen molar-refractivity contribution in [3.8, 4) is 0 Å². The van der Waals surface area contributed by atoms with Gasteiger partial charge in [-0.05, 0) is 32.4 Å². The third kappa shape index (κ3) is 2.36. The molecule has 1 aliphatic heterocycles. The number of carbonyl (C=O) groups is 1. The molecule has 1 fully saturated rings. The van der Waals surface area contributed by atoms with Crippen LogP contribution in [0.15, 0.2) is 16.7 Å². The normalized spacial score (nSPS) is 25.0. The standard InChI is InChI=1S/C13H20N2O2/c1-9-8-15(6-4-12(9)14-3)13(16)11-5-7-17-10(11)2/h5,7,9,12,14H,4,6,8H2,1-3H3. The molecule has 0 bridgehead atoms. The Bertz CT molecular complexity index is 400. The van der Waals surface area contributed by atoms with Gasteiger partial charge in [0.1, 0.15) is 5.76 Å². The zero-order valence-electron chi connectivity index (χ0n) is 10.7. The van der Waals surface area contributed by atoms with Crippen LogP contribution in [0.2, 0.25) is 0 Å². The van der Waals surface area contributed by atoms with E-state index in [0.717, 1.165) is 19.5 Å². The topological polar surface area (TPSA) is 45.5 Å². The average Bonchev–Trinajstić information content (AvgIpc) is 2.74. The Morgan fingerprint density at radius 2 is 2.35 bits per heavy atom. The van der Waals surface area contributed by atoms with E-state index < -0.39 is 0 Å². The summed E-state index contributed by atoms with van der Waals surface area (Å²) in [6.45, 7) is 5.65. The van der Waals surface area contributed by atoms with E-state index >= 15 is 0 Å². The van der Waals surface area contributed by atoms with Crippen molar-refractivity contribution in [3.63, 3.8) is 0 Å². The summed E-state index contributed by atoms with van der Waals surface area (Å²) < 4.78 is 5.19. The number of nitrogens with one attached hydrogen (secondary N) is 1. The number of likely N-dealkylation sites (tertiary alicyclic amines) is 1. The van der Waals surface area contributed by atoms with Crippen molar-refractivity contribution in [1.29, 1.82) is 0 Å². The summed E-state index contributed by atoms with van der Waals surface area (Å²) in [7, 11) is 1.98. The van der Waals surface area contributed by atoms with E-state index in [1.165, 1.54) is 0 Å². The zero-order chi connectivity index (χ0) is 12.4. The molecule has 17 heavy (non-hydrogen) atoms. The number of aryl methyl sites for hydroxylation is 1. The maximum atomic E-state index is 12.3. The van der Waals surface area contributed by atoms with Crippen LogP contribution in [0.4, 0.5) is 0 Å². The molecule has 1 aromatic rings. The molecular weight excluding hydrogens is 216 g/mol. The highest BCUT2D eigenvalue weighted by atomic mass is 16.3. The molecule has 1 N–H and O–H groups in total. The number of rotatable bonds is 2. The molecule has 1 aromatic heterocycles. The molecule has 1 amide bonds. The quantitative estimate of drug-likeness (QED) is 0.849. The maximum absolute atomic E-state index is 12.3. The number of nitrogens with zero attached hydrogens (tertiary/aromatic N) is 1. The molecule has 94 valence electrons. The molecule has 0 aromatic carbocycles. The van der Waals surface area contributed by atoms with Crippen molar-refractivity contribution in [3.05, 3.63) is 23.7 Å². The van der Waals surface area contributed by atoms with Crippen molar-refractivity contribution in [1.82, 2.24) is 10.2 Å². The Morgan fingerprint density at radius 1 is 1.59 bits per heavy atom. The van der Waals surface area contributed by atoms with Gasteiger partial charge in [0.2, 0.25) is 0 Å².